The van der Waals surface area contributed by atoms with Crippen molar-refractivity contribution >= 4 is 12.0 Å². The molecule has 0 aromatic heterocycles. The van der Waals surface area contributed by atoms with Crippen LogP contribution in [0.15, 0.2) is 73.5 Å². The summed E-state index contributed by atoms with van der Waals surface area (Å²) in [6.45, 7) is 3.83. The topological polar surface area (TPSA) is 20.3 Å². The Hall–Kier alpha value is -2.61. The number of carbonyl (C=O) groups excluding carboxylic acids is 1. The summed E-state index contributed by atoms with van der Waals surface area (Å²) in [5, 5.41) is 0. The van der Waals surface area contributed by atoms with Gasteiger partial charge in [-0.3, -0.25) is 4.79 Å². The molecule has 1 amide bonds. The summed E-state index contributed by atoms with van der Waals surface area (Å²) < 4.78 is 0. The number of benzene rings is 2. The second-order valence-electron chi connectivity index (χ2n) is 5.06. The van der Waals surface area contributed by atoms with Crippen LogP contribution in [0.5, 0.6) is 0 Å². The maximum absolute atomic E-state index is 12.7. The van der Waals surface area contributed by atoms with Crippen LogP contribution in [0.4, 0.5) is 0 Å². The van der Waals surface area contributed by atoms with Gasteiger partial charge in [0.2, 0.25) is 0 Å². The van der Waals surface area contributed by atoms with Gasteiger partial charge in [0, 0.05) is 11.8 Å². The van der Waals surface area contributed by atoms with E-state index < -0.39 is 0 Å². The lowest BCUT2D eigenvalue weighted by Gasteiger charge is -2.33. The van der Waals surface area contributed by atoms with Gasteiger partial charge in [0.15, 0.2) is 0 Å². The SMILES string of the molecule is C=CCC1c2ccccc2C=CN1C(=O)c1ccccc1. The molecule has 0 bridgehead atoms. The molecule has 2 aromatic carbocycles. The van der Waals surface area contributed by atoms with E-state index in [0.717, 1.165) is 6.42 Å². The highest BCUT2D eigenvalue weighted by molar-refractivity contribution is 5.96. The molecule has 1 heterocycles. The second-order valence-corrected chi connectivity index (χ2v) is 5.06. The lowest BCUT2D eigenvalue weighted by atomic mass is 9.93. The zero-order valence-electron chi connectivity index (χ0n) is 11.8. The summed E-state index contributed by atoms with van der Waals surface area (Å²) in [4.78, 5) is 14.5. The van der Waals surface area contributed by atoms with Crippen molar-refractivity contribution in [2.24, 2.45) is 0 Å². The van der Waals surface area contributed by atoms with Crippen LogP contribution >= 0.6 is 0 Å². The van der Waals surface area contributed by atoms with Crippen molar-refractivity contribution in [3.8, 4) is 0 Å². The van der Waals surface area contributed by atoms with Crippen molar-refractivity contribution in [3.05, 3.63) is 90.1 Å². The lowest BCUT2D eigenvalue weighted by Crippen LogP contribution is -2.32. The van der Waals surface area contributed by atoms with Crippen LogP contribution in [-0.4, -0.2) is 10.8 Å². The third kappa shape index (κ3) is 2.52. The fourth-order valence-corrected chi connectivity index (χ4v) is 2.72. The van der Waals surface area contributed by atoms with Gasteiger partial charge in [0.1, 0.15) is 0 Å². The molecule has 0 spiro atoms. The molecule has 0 fully saturated rings. The van der Waals surface area contributed by atoms with Gasteiger partial charge in [-0.2, -0.15) is 0 Å². The number of hydrogen-bond donors (Lipinski definition) is 0. The maximum Gasteiger partial charge on any atom is 0.258 e. The molecule has 2 nitrogen and oxygen atoms in total. The summed E-state index contributed by atoms with van der Waals surface area (Å²) in [7, 11) is 0. The van der Waals surface area contributed by atoms with Crippen LogP contribution in [0.2, 0.25) is 0 Å². The van der Waals surface area contributed by atoms with Crippen molar-refractivity contribution in [2.45, 2.75) is 12.5 Å². The van der Waals surface area contributed by atoms with Crippen LogP contribution in [0, 0.1) is 0 Å². The van der Waals surface area contributed by atoms with Gasteiger partial charge in [-0.25, -0.2) is 0 Å². The van der Waals surface area contributed by atoms with Crippen LogP contribution in [0.1, 0.15) is 33.9 Å². The molecule has 2 heteroatoms. The Balaban J connectivity index is 1.99. The normalized spacial score (nSPS) is 16.4. The summed E-state index contributed by atoms with van der Waals surface area (Å²) in [6.07, 6.45) is 6.48. The van der Waals surface area contributed by atoms with Crippen LogP contribution in [0.3, 0.4) is 0 Å². The zero-order chi connectivity index (χ0) is 14.7. The summed E-state index contributed by atoms with van der Waals surface area (Å²) in [6, 6.07) is 17.6. The Kier molecular flexibility index (Phi) is 3.69. The maximum atomic E-state index is 12.7. The van der Waals surface area contributed by atoms with Crippen LogP contribution in [-0.2, 0) is 0 Å². The van der Waals surface area contributed by atoms with Gasteiger partial charge < -0.3 is 4.90 Å². The molecule has 21 heavy (non-hydrogen) atoms. The van der Waals surface area contributed by atoms with Crippen molar-refractivity contribution in [2.75, 3.05) is 0 Å². The number of fused-ring (bicyclic) bond motifs is 1. The fraction of sp³-hybridized carbons (Fsp3) is 0.105. The first-order chi connectivity index (χ1) is 10.3. The van der Waals surface area contributed by atoms with Gasteiger partial charge >= 0.3 is 0 Å². The molecule has 0 N–H and O–H groups in total. The van der Waals surface area contributed by atoms with E-state index in [2.05, 4.69) is 18.7 Å². The average molecular weight is 275 g/mol. The van der Waals surface area contributed by atoms with E-state index in [1.807, 2.05) is 60.8 Å². The third-order valence-corrected chi connectivity index (χ3v) is 3.75. The number of amides is 1. The van der Waals surface area contributed by atoms with E-state index in [1.165, 1.54) is 11.1 Å². The molecule has 1 atom stereocenters. The van der Waals surface area contributed by atoms with E-state index in [4.69, 9.17) is 0 Å². The first kappa shape index (κ1) is 13.4. The molecule has 104 valence electrons. The highest BCUT2D eigenvalue weighted by Crippen LogP contribution is 2.33. The lowest BCUT2D eigenvalue weighted by molar-refractivity contribution is 0.0767. The molecule has 1 unspecified atom stereocenters. The Labute approximate surface area is 125 Å². The van der Waals surface area contributed by atoms with Crippen molar-refractivity contribution < 1.29 is 4.79 Å². The van der Waals surface area contributed by atoms with E-state index >= 15 is 0 Å². The fourth-order valence-electron chi connectivity index (χ4n) is 2.72. The Bertz CT molecular complexity index is 688. The second kappa shape index (κ2) is 5.80. The molecule has 2 aromatic rings. The van der Waals surface area contributed by atoms with Crippen LogP contribution in [0.25, 0.3) is 6.08 Å². The number of rotatable bonds is 3. The predicted molar refractivity (Wildman–Crippen MR) is 85.6 cm³/mol. The van der Waals surface area contributed by atoms with E-state index in [-0.39, 0.29) is 11.9 Å². The zero-order valence-corrected chi connectivity index (χ0v) is 11.8. The molecule has 0 saturated carbocycles. The van der Waals surface area contributed by atoms with E-state index in [0.29, 0.717) is 5.56 Å². The molecule has 3 rings (SSSR count). The van der Waals surface area contributed by atoms with Gasteiger partial charge in [0.25, 0.3) is 5.91 Å². The monoisotopic (exact) mass is 275 g/mol. The van der Waals surface area contributed by atoms with Gasteiger partial charge in [0.05, 0.1) is 6.04 Å². The molecular formula is C19H17NO. The summed E-state index contributed by atoms with van der Waals surface area (Å²) in [5.74, 6) is 0.0215. The molecule has 0 aliphatic carbocycles. The third-order valence-electron chi connectivity index (χ3n) is 3.75. The van der Waals surface area contributed by atoms with E-state index in [9.17, 15) is 4.79 Å². The van der Waals surface area contributed by atoms with Crippen molar-refractivity contribution in [1.29, 1.82) is 0 Å². The van der Waals surface area contributed by atoms with Crippen LogP contribution < -0.4 is 0 Å². The minimum Gasteiger partial charge on any atom is -0.307 e. The first-order valence-electron chi connectivity index (χ1n) is 7.07. The van der Waals surface area contributed by atoms with Crippen molar-refractivity contribution in [3.63, 3.8) is 0 Å². The molecular weight excluding hydrogens is 258 g/mol. The summed E-state index contributed by atoms with van der Waals surface area (Å²) in [5.41, 5.74) is 3.04. The van der Waals surface area contributed by atoms with Gasteiger partial charge in [-0.05, 0) is 35.8 Å². The van der Waals surface area contributed by atoms with Gasteiger partial charge in [-0.15, -0.1) is 6.58 Å². The Morgan fingerprint density at radius 2 is 1.81 bits per heavy atom. The van der Waals surface area contributed by atoms with E-state index in [1.54, 1.807) is 4.90 Å². The Morgan fingerprint density at radius 1 is 1.10 bits per heavy atom. The minimum atomic E-state index is 0.0106. The average Bonchev–Trinajstić information content (AvgIpc) is 2.55. The number of carbonyl (C=O) groups is 1. The van der Waals surface area contributed by atoms with Gasteiger partial charge in [-0.1, -0.05) is 48.5 Å². The quantitative estimate of drug-likeness (QED) is 0.759. The van der Waals surface area contributed by atoms with Crippen molar-refractivity contribution in [1.82, 2.24) is 4.90 Å². The smallest absolute Gasteiger partial charge is 0.258 e. The predicted octanol–water partition coefficient (Wildman–Crippen LogP) is 4.43. The standard InChI is InChI=1S/C19H17NO/c1-2-8-18-17-12-7-6-9-15(17)13-14-20(18)19(21)16-10-4-3-5-11-16/h2-7,9-14,18H,1,8H2. The Morgan fingerprint density at radius 3 is 2.57 bits per heavy atom. The number of nitrogens with zero attached hydrogens (tertiary/aromatic N) is 1. The molecule has 1 aliphatic rings. The highest BCUT2D eigenvalue weighted by Gasteiger charge is 2.27. The first-order valence-corrected chi connectivity index (χ1v) is 7.07. The highest BCUT2D eigenvalue weighted by atomic mass is 16.2. The minimum absolute atomic E-state index is 0.0106. The largest absolute Gasteiger partial charge is 0.307 e. The number of hydrogen-bond acceptors (Lipinski definition) is 1. The molecule has 1 aliphatic heterocycles. The molecule has 0 saturated heterocycles. The summed E-state index contributed by atoms with van der Waals surface area (Å²) >= 11 is 0. The molecule has 0 radical (unpaired) electrons.